The number of para-hydroxylation sites is 2. The number of nitrogens with zero attached hydrogens (tertiary/aromatic N) is 4. The summed E-state index contributed by atoms with van der Waals surface area (Å²) in [7, 11) is 1.69. The van der Waals surface area contributed by atoms with Gasteiger partial charge >= 0.3 is 0 Å². The van der Waals surface area contributed by atoms with Gasteiger partial charge in [0.15, 0.2) is 5.78 Å². The summed E-state index contributed by atoms with van der Waals surface area (Å²) in [6.07, 6.45) is 8.76. The molecule has 2 fully saturated rings. The molecule has 21 nitrogen and oxygen atoms in total. The highest BCUT2D eigenvalue weighted by molar-refractivity contribution is 6.20. The second-order valence-electron chi connectivity index (χ2n) is 37.3. The Kier molecular flexibility index (Phi) is 35.7. The number of ether oxygens (including phenoxy) is 1. The Morgan fingerprint density at radius 3 is 1.25 bits per heavy atom. The van der Waals surface area contributed by atoms with Crippen molar-refractivity contribution in [2.75, 3.05) is 25.0 Å². The molecule has 9 N–H and O–H groups in total. The van der Waals surface area contributed by atoms with Gasteiger partial charge in [-0.1, -0.05) is 231 Å². The van der Waals surface area contributed by atoms with Crippen LogP contribution in [0.4, 0.5) is 5.69 Å². The SMILES string of the molecule is CC(C)CC(C(=O)NC1CCCCN(Cc2cccc(C(=O)c3ccccc3)c2)C1=O)C(CCC(C)(C)C)C(N)=O.CC(C)CC(C(=O)NC1CCCCN(Cc2cccc(Oc3ccccc3)c2)C1=O)C(CCC(C)(C)C)C(N)=O.CC(C)C[C@@H](C(=O)NC1N=C(c2ccccc2)c2ccccc2N(C)C1=O)[C@H](CCC(C)(C)C)C(N)=O. The molecule has 6 aromatic rings. The number of benzene rings is 6. The second-order valence-corrected chi connectivity index (χ2v) is 37.3. The molecule has 0 saturated carbocycles. The summed E-state index contributed by atoms with van der Waals surface area (Å²) in [5.74, 6) is -4.49. The van der Waals surface area contributed by atoms with Gasteiger partial charge in [-0.25, -0.2) is 4.99 Å². The summed E-state index contributed by atoms with van der Waals surface area (Å²) in [5.41, 5.74) is 23.5. The third-order valence-corrected chi connectivity index (χ3v) is 22.1. The molecule has 7 unspecified atom stereocenters. The Balaban J connectivity index is 0.000000245. The molecular weight excluding hydrogens is 1480 g/mol. The van der Waals surface area contributed by atoms with Crippen LogP contribution >= 0.6 is 0 Å². The number of likely N-dealkylation sites (N-methyl/N-ethyl adjacent to an activating group) is 1. The summed E-state index contributed by atoms with van der Waals surface area (Å²) in [6, 6.07) is 49.7. The van der Waals surface area contributed by atoms with E-state index in [1.807, 2.05) is 192 Å². The molecule has 9 rings (SSSR count). The first-order valence-electron chi connectivity index (χ1n) is 42.5. The van der Waals surface area contributed by atoms with Gasteiger partial charge in [0.25, 0.3) is 5.91 Å². The lowest BCUT2D eigenvalue weighted by Crippen LogP contribution is -2.50. The highest BCUT2D eigenvalue weighted by Gasteiger charge is 2.41. The fraction of sp³-hybridized carbons (Fsp3) is 0.515. The predicted molar refractivity (Wildman–Crippen MR) is 468 cm³/mol. The molecule has 3 heterocycles. The van der Waals surface area contributed by atoms with Crippen LogP contribution in [0.5, 0.6) is 11.5 Å². The van der Waals surface area contributed by atoms with Gasteiger partial charge in [0.1, 0.15) is 23.6 Å². The molecule has 2 saturated heterocycles. The van der Waals surface area contributed by atoms with Crippen molar-refractivity contribution in [2.45, 2.75) is 232 Å². The first-order chi connectivity index (χ1) is 55.7. The smallest absolute Gasteiger partial charge is 0.272 e. The van der Waals surface area contributed by atoms with Crippen LogP contribution in [0.1, 0.15) is 238 Å². The lowest BCUT2D eigenvalue weighted by molar-refractivity contribution is -0.139. The van der Waals surface area contributed by atoms with Gasteiger partial charge in [-0.05, 0) is 178 Å². The van der Waals surface area contributed by atoms with Gasteiger partial charge in [0, 0.05) is 91.0 Å². The zero-order valence-corrected chi connectivity index (χ0v) is 73.0. The molecular formula is C97H134N10O11. The molecule has 0 aliphatic carbocycles. The topological polar surface area (TPSA) is 316 Å². The molecule has 118 heavy (non-hydrogen) atoms. The molecule has 3 aliphatic rings. The number of nitrogens with two attached hydrogens (primary N) is 3. The van der Waals surface area contributed by atoms with Crippen LogP contribution in [0.2, 0.25) is 0 Å². The number of hydrogen-bond acceptors (Lipinski definition) is 12. The van der Waals surface area contributed by atoms with Gasteiger partial charge < -0.3 is 52.6 Å². The number of carbonyl (C=O) groups excluding carboxylic acids is 10. The Morgan fingerprint density at radius 2 is 0.822 bits per heavy atom. The van der Waals surface area contributed by atoms with E-state index in [-0.39, 0.29) is 75.2 Å². The number of amides is 9. The number of primary amides is 3. The Hall–Kier alpha value is -10.3. The highest BCUT2D eigenvalue weighted by atomic mass is 16.5. The monoisotopic (exact) mass is 1620 g/mol. The van der Waals surface area contributed by atoms with Crippen molar-refractivity contribution >= 4 is 70.3 Å². The van der Waals surface area contributed by atoms with Crippen LogP contribution in [0.15, 0.2) is 169 Å². The summed E-state index contributed by atoms with van der Waals surface area (Å²) in [6.45, 7) is 33.1. The van der Waals surface area contributed by atoms with Crippen LogP contribution in [-0.2, 0) is 56.2 Å². The molecule has 3 aliphatic heterocycles. The number of nitrogens with one attached hydrogen (secondary N) is 3. The molecule has 6 aromatic carbocycles. The number of ketones is 1. The number of likely N-dealkylation sites (tertiary alicyclic amines) is 2. The Labute approximate surface area is 702 Å². The van der Waals surface area contributed by atoms with Crippen molar-refractivity contribution in [1.82, 2.24) is 25.8 Å². The zero-order chi connectivity index (χ0) is 86.8. The van der Waals surface area contributed by atoms with Crippen molar-refractivity contribution in [2.24, 2.45) is 91.7 Å². The number of fused-ring (bicyclic) bond motifs is 1. The van der Waals surface area contributed by atoms with E-state index in [0.717, 1.165) is 72.9 Å². The van der Waals surface area contributed by atoms with E-state index >= 15 is 0 Å². The maximum atomic E-state index is 13.7. The van der Waals surface area contributed by atoms with Crippen LogP contribution < -0.4 is 42.8 Å². The first kappa shape index (κ1) is 94.8. The molecule has 9 amide bonds. The largest absolute Gasteiger partial charge is 0.457 e. The van der Waals surface area contributed by atoms with Gasteiger partial charge in [-0.2, -0.15) is 0 Å². The van der Waals surface area contributed by atoms with Crippen LogP contribution in [0.3, 0.4) is 0 Å². The standard InChI is InChI=1S/C34H47N3O4.C33H47N3O4.C30H40N4O3/c1-23(2)20-28(27(31(35)39)17-18-34(3,4)5)32(40)36-29-16-9-10-19-37(33(29)41)22-24-12-11-15-26(21-24)30(38)25-13-7-6-8-14-25;1-23(2)20-28(27(30(34)37)17-18-33(3,4)5)31(38)35-29-16-9-10-19-36(32(29)39)22-24-12-11-15-26(21-24)40-25-13-7-6-8-14-25;1-19(2)18-23(21(26(31)35)16-17-30(3,4)5)28(36)33-27-29(37)34(6)24-15-11-10-14-22(24)25(32-27)20-12-8-7-9-13-20/h6-8,11-15,21,23,27-29H,9-10,16-20,22H2,1-5H3,(H2,35,39)(H,36,40);6-8,11-15,21,23,27-29H,9-10,16-20,22H2,1-5H3,(H2,34,37)(H,35,38);7-15,19,21,23,27H,16-18H2,1-6H3,(H2,31,35)(H,33,36)/t;;21-,23+,27?/m..0/s1. The first-order valence-corrected chi connectivity index (χ1v) is 42.5. The predicted octanol–water partition coefficient (Wildman–Crippen LogP) is 16.1. The van der Waals surface area contributed by atoms with E-state index in [1.54, 1.807) is 30.1 Å². The van der Waals surface area contributed by atoms with Crippen molar-refractivity contribution in [3.63, 3.8) is 0 Å². The summed E-state index contributed by atoms with van der Waals surface area (Å²) >= 11 is 0. The number of carbonyl (C=O) groups is 10. The summed E-state index contributed by atoms with van der Waals surface area (Å²) in [4.78, 5) is 142. The molecule has 0 aromatic heterocycles. The Morgan fingerprint density at radius 1 is 0.441 bits per heavy atom. The van der Waals surface area contributed by atoms with E-state index in [1.165, 1.54) is 4.90 Å². The van der Waals surface area contributed by atoms with E-state index in [0.29, 0.717) is 106 Å². The third kappa shape index (κ3) is 29.9. The number of aliphatic imine (C=N–C) groups is 1. The van der Waals surface area contributed by atoms with E-state index in [9.17, 15) is 47.9 Å². The lowest BCUT2D eigenvalue weighted by Gasteiger charge is -2.30. The number of benzodiazepines with no additional fused rings is 1. The zero-order valence-electron chi connectivity index (χ0n) is 73.0. The summed E-state index contributed by atoms with van der Waals surface area (Å²) in [5, 5.41) is 8.95. The van der Waals surface area contributed by atoms with Crippen molar-refractivity contribution < 1.29 is 52.7 Å². The maximum absolute atomic E-state index is 13.7. The van der Waals surface area contributed by atoms with E-state index in [4.69, 9.17) is 26.9 Å². The average Bonchev–Trinajstić information content (AvgIpc) is 1.63. The van der Waals surface area contributed by atoms with Crippen molar-refractivity contribution in [3.8, 4) is 11.5 Å². The number of hydrogen-bond donors (Lipinski definition) is 6. The van der Waals surface area contributed by atoms with Crippen molar-refractivity contribution in [1.29, 1.82) is 0 Å². The van der Waals surface area contributed by atoms with Gasteiger partial charge in [0.05, 0.1) is 11.4 Å². The van der Waals surface area contributed by atoms with Crippen molar-refractivity contribution in [3.05, 3.63) is 197 Å². The average molecular weight is 1620 g/mol. The minimum absolute atomic E-state index is 0.00677. The molecule has 0 radical (unpaired) electrons. The van der Waals surface area contributed by atoms with Gasteiger partial charge in [0.2, 0.25) is 53.4 Å². The Bertz CT molecular complexity index is 4350. The maximum Gasteiger partial charge on any atom is 0.272 e. The molecule has 0 spiro atoms. The molecule has 21 heteroatoms. The van der Waals surface area contributed by atoms with Crippen LogP contribution in [0.25, 0.3) is 0 Å². The van der Waals surface area contributed by atoms with Gasteiger partial charge in [-0.15, -0.1) is 0 Å². The lowest BCUT2D eigenvalue weighted by atomic mass is 9.78. The molecule has 638 valence electrons. The minimum atomic E-state index is -1.13. The van der Waals surface area contributed by atoms with Crippen LogP contribution in [-0.4, -0.2) is 113 Å². The fourth-order valence-electron chi connectivity index (χ4n) is 15.7. The highest BCUT2D eigenvalue weighted by Crippen LogP contribution is 2.36. The fourth-order valence-corrected chi connectivity index (χ4v) is 15.7. The minimum Gasteiger partial charge on any atom is -0.457 e. The number of anilines is 1. The van der Waals surface area contributed by atoms with E-state index in [2.05, 4.69) is 78.3 Å². The van der Waals surface area contributed by atoms with Gasteiger partial charge in [-0.3, -0.25) is 47.9 Å². The number of rotatable bonds is 33. The quantitative estimate of drug-likeness (QED) is 0.0210. The van der Waals surface area contributed by atoms with E-state index < -0.39 is 71.5 Å². The molecule has 0 bridgehead atoms. The third-order valence-electron chi connectivity index (χ3n) is 22.1. The summed E-state index contributed by atoms with van der Waals surface area (Å²) < 4.78 is 5.98. The molecule has 9 atom stereocenters. The second kappa shape index (κ2) is 44.5. The van der Waals surface area contributed by atoms with Crippen LogP contribution in [0, 0.1) is 69.5 Å². The normalized spacial score (nSPS) is 17.6.